The summed E-state index contributed by atoms with van der Waals surface area (Å²) in [5.74, 6) is -2.38. The highest BCUT2D eigenvalue weighted by atomic mass is 79.9. The topological polar surface area (TPSA) is 44.1 Å². The molecule has 0 fully saturated rings. The van der Waals surface area contributed by atoms with Crippen LogP contribution in [0.2, 0.25) is 0 Å². The van der Waals surface area contributed by atoms with Gasteiger partial charge in [-0.25, -0.2) is 13.6 Å². The van der Waals surface area contributed by atoms with Crippen LogP contribution < -0.4 is 0 Å². The van der Waals surface area contributed by atoms with Crippen LogP contribution in [0.25, 0.3) is 11.3 Å². The predicted molar refractivity (Wildman–Crippen MR) is 77.3 cm³/mol. The summed E-state index contributed by atoms with van der Waals surface area (Å²) < 4.78 is 32.7. The van der Waals surface area contributed by atoms with Gasteiger partial charge in [0.2, 0.25) is 0 Å². The molecule has 0 aliphatic rings. The van der Waals surface area contributed by atoms with E-state index >= 15 is 0 Å². The first-order valence-electron chi connectivity index (χ1n) is 6.33. The number of aromatic nitrogens is 2. The van der Waals surface area contributed by atoms with Gasteiger partial charge in [0.05, 0.1) is 18.8 Å². The minimum Gasteiger partial charge on any atom is -0.461 e. The second-order valence-electron chi connectivity index (χ2n) is 4.18. The Kier molecular flexibility index (Phi) is 5.06. The first-order valence-corrected chi connectivity index (χ1v) is 7.45. The standard InChI is InChI=1S/C14H13BrF2N2O2/c1-2-21-14(20)13-8-12(18-19(13)6-5-15)9-3-4-10(16)11(17)7-9/h3-4,7-8H,2,5-6H2,1H3. The van der Waals surface area contributed by atoms with Crippen molar-refractivity contribution in [1.82, 2.24) is 9.78 Å². The maximum absolute atomic E-state index is 13.3. The second kappa shape index (κ2) is 6.80. The van der Waals surface area contributed by atoms with Gasteiger partial charge in [-0.3, -0.25) is 4.68 Å². The molecule has 1 aromatic carbocycles. The van der Waals surface area contributed by atoms with Gasteiger partial charge in [-0.05, 0) is 31.2 Å². The number of hydrogen-bond donors (Lipinski definition) is 0. The third kappa shape index (κ3) is 3.47. The van der Waals surface area contributed by atoms with Crippen molar-refractivity contribution in [3.05, 3.63) is 41.6 Å². The lowest BCUT2D eigenvalue weighted by atomic mass is 10.1. The lowest BCUT2D eigenvalue weighted by Gasteiger charge is -2.04. The molecule has 0 bridgehead atoms. The molecule has 0 amide bonds. The Morgan fingerprint density at radius 2 is 2.10 bits per heavy atom. The van der Waals surface area contributed by atoms with E-state index in [-0.39, 0.29) is 12.3 Å². The van der Waals surface area contributed by atoms with Gasteiger partial charge in [-0.15, -0.1) is 0 Å². The van der Waals surface area contributed by atoms with E-state index in [1.165, 1.54) is 16.8 Å². The normalized spacial score (nSPS) is 10.7. The van der Waals surface area contributed by atoms with Crippen molar-refractivity contribution >= 4 is 21.9 Å². The summed E-state index contributed by atoms with van der Waals surface area (Å²) in [6.45, 7) is 2.41. The highest BCUT2D eigenvalue weighted by Crippen LogP contribution is 2.22. The molecule has 0 atom stereocenters. The van der Waals surface area contributed by atoms with Crippen molar-refractivity contribution in [3.63, 3.8) is 0 Å². The van der Waals surface area contributed by atoms with E-state index in [1.807, 2.05) is 0 Å². The van der Waals surface area contributed by atoms with Gasteiger partial charge in [0.15, 0.2) is 11.6 Å². The van der Waals surface area contributed by atoms with E-state index < -0.39 is 17.6 Å². The summed E-state index contributed by atoms with van der Waals surface area (Å²) in [4.78, 5) is 11.9. The minimum atomic E-state index is -0.958. The molecule has 2 rings (SSSR count). The minimum absolute atomic E-state index is 0.249. The lowest BCUT2D eigenvalue weighted by molar-refractivity contribution is 0.0512. The van der Waals surface area contributed by atoms with Crippen LogP contribution in [0.4, 0.5) is 8.78 Å². The van der Waals surface area contributed by atoms with Crippen molar-refractivity contribution in [2.45, 2.75) is 13.5 Å². The molecule has 0 radical (unpaired) electrons. The largest absolute Gasteiger partial charge is 0.461 e. The fourth-order valence-corrected chi connectivity index (χ4v) is 2.17. The molecule has 0 saturated carbocycles. The van der Waals surface area contributed by atoms with Crippen molar-refractivity contribution in [3.8, 4) is 11.3 Å². The van der Waals surface area contributed by atoms with Crippen LogP contribution >= 0.6 is 15.9 Å². The molecule has 7 heteroatoms. The Bertz CT molecular complexity index is 658. The van der Waals surface area contributed by atoms with Crippen LogP contribution in [-0.2, 0) is 11.3 Å². The lowest BCUT2D eigenvalue weighted by Crippen LogP contribution is -2.13. The molecule has 0 N–H and O–H groups in total. The highest BCUT2D eigenvalue weighted by Gasteiger charge is 2.17. The van der Waals surface area contributed by atoms with Gasteiger partial charge in [0.25, 0.3) is 0 Å². The number of hydrogen-bond acceptors (Lipinski definition) is 3. The van der Waals surface area contributed by atoms with Gasteiger partial charge in [0.1, 0.15) is 5.69 Å². The SMILES string of the molecule is CCOC(=O)c1cc(-c2ccc(F)c(F)c2)nn1CCBr. The van der Waals surface area contributed by atoms with Crippen LogP contribution in [0.1, 0.15) is 17.4 Å². The number of alkyl halides is 1. The molecule has 1 heterocycles. The average Bonchev–Trinajstić information content (AvgIpc) is 2.87. The molecule has 4 nitrogen and oxygen atoms in total. The summed E-state index contributed by atoms with van der Waals surface area (Å²) in [5.41, 5.74) is 1.06. The van der Waals surface area contributed by atoms with E-state index in [4.69, 9.17) is 4.74 Å². The maximum Gasteiger partial charge on any atom is 0.356 e. The maximum atomic E-state index is 13.3. The van der Waals surface area contributed by atoms with E-state index in [9.17, 15) is 13.6 Å². The zero-order valence-corrected chi connectivity index (χ0v) is 12.9. The second-order valence-corrected chi connectivity index (χ2v) is 4.97. The number of carbonyl (C=O) groups excluding carboxylic acids is 1. The van der Waals surface area contributed by atoms with E-state index in [1.54, 1.807) is 6.92 Å². The fourth-order valence-electron chi connectivity index (χ4n) is 1.83. The average molecular weight is 359 g/mol. The molecule has 0 aliphatic carbocycles. The van der Waals surface area contributed by atoms with Crippen LogP contribution in [0.5, 0.6) is 0 Å². The van der Waals surface area contributed by atoms with E-state index in [0.717, 1.165) is 12.1 Å². The molecular formula is C14H13BrF2N2O2. The Labute approximate surface area is 128 Å². The summed E-state index contributed by atoms with van der Waals surface area (Å²) in [7, 11) is 0. The number of nitrogens with zero attached hydrogens (tertiary/aromatic N) is 2. The van der Waals surface area contributed by atoms with Crippen molar-refractivity contribution < 1.29 is 18.3 Å². The predicted octanol–water partition coefficient (Wildman–Crippen LogP) is 3.40. The molecule has 0 unspecified atom stereocenters. The van der Waals surface area contributed by atoms with Crippen LogP contribution in [0.3, 0.4) is 0 Å². The molecule has 0 spiro atoms. The summed E-state index contributed by atoms with van der Waals surface area (Å²) >= 11 is 3.27. The monoisotopic (exact) mass is 358 g/mol. The van der Waals surface area contributed by atoms with Crippen LogP contribution in [-0.4, -0.2) is 27.7 Å². The zero-order valence-electron chi connectivity index (χ0n) is 11.3. The number of rotatable bonds is 5. The van der Waals surface area contributed by atoms with Gasteiger partial charge >= 0.3 is 5.97 Å². The third-order valence-corrected chi connectivity index (χ3v) is 3.13. The Balaban J connectivity index is 2.42. The fraction of sp³-hybridized carbons (Fsp3) is 0.286. The molecule has 21 heavy (non-hydrogen) atoms. The number of aryl methyl sites for hydroxylation is 1. The molecule has 0 aliphatic heterocycles. The van der Waals surface area contributed by atoms with E-state index in [2.05, 4.69) is 21.0 Å². The first-order chi connectivity index (χ1) is 10.1. The van der Waals surface area contributed by atoms with E-state index in [0.29, 0.717) is 23.1 Å². The van der Waals surface area contributed by atoms with Gasteiger partial charge in [-0.2, -0.15) is 5.10 Å². The Morgan fingerprint density at radius 1 is 1.33 bits per heavy atom. The third-order valence-electron chi connectivity index (χ3n) is 2.78. The molecular weight excluding hydrogens is 346 g/mol. The summed E-state index contributed by atoms with van der Waals surface area (Å²) in [6, 6.07) is 4.99. The number of carbonyl (C=O) groups is 1. The zero-order chi connectivity index (χ0) is 15.4. The number of halogens is 3. The van der Waals surface area contributed by atoms with Crippen molar-refractivity contribution in [2.24, 2.45) is 0 Å². The van der Waals surface area contributed by atoms with Gasteiger partial charge in [0, 0.05) is 10.9 Å². The molecule has 112 valence electrons. The van der Waals surface area contributed by atoms with Crippen LogP contribution in [0.15, 0.2) is 24.3 Å². The van der Waals surface area contributed by atoms with Crippen LogP contribution in [0, 0.1) is 11.6 Å². The van der Waals surface area contributed by atoms with Crippen molar-refractivity contribution in [2.75, 3.05) is 11.9 Å². The quantitative estimate of drug-likeness (QED) is 0.607. The summed E-state index contributed by atoms with van der Waals surface area (Å²) in [5, 5.41) is 4.84. The number of esters is 1. The Hall–Kier alpha value is -1.76. The smallest absolute Gasteiger partial charge is 0.356 e. The highest BCUT2D eigenvalue weighted by molar-refractivity contribution is 9.09. The van der Waals surface area contributed by atoms with Gasteiger partial charge in [-0.1, -0.05) is 15.9 Å². The van der Waals surface area contributed by atoms with Gasteiger partial charge < -0.3 is 4.74 Å². The van der Waals surface area contributed by atoms with Crippen molar-refractivity contribution in [1.29, 1.82) is 0 Å². The molecule has 1 aromatic heterocycles. The number of benzene rings is 1. The summed E-state index contributed by atoms with van der Waals surface area (Å²) in [6.07, 6.45) is 0. The number of ether oxygens (including phenoxy) is 1. The molecule has 0 saturated heterocycles. The first kappa shape index (κ1) is 15.6. The Morgan fingerprint density at radius 3 is 2.71 bits per heavy atom. The molecule has 2 aromatic rings.